The Morgan fingerprint density at radius 3 is 1.73 bits per heavy atom. The summed E-state index contributed by atoms with van der Waals surface area (Å²) in [5.74, 6) is -3.49. The van der Waals surface area contributed by atoms with Gasteiger partial charge in [0.1, 0.15) is 0 Å². The van der Waals surface area contributed by atoms with E-state index in [4.69, 9.17) is 17.2 Å². The van der Waals surface area contributed by atoms with Gasteiger partial charge in [0.25, 0.3) is 0 Å². The Balaban J connectivity index is 4.18. The molecule has 0 heterocycles. The number of rotatable bonds is 6. The zero-order valence-electron chi connectivity index (χ0n) is 7.86. The van der Waals surface area contributed by atoms with Gasteiger partial charge in [0, 0.05) is 12.8 Å². The van der Waals surface area contributed by atoms with E-state index in [1.54, 1.807) is 0 Å². The first-order valence-electron chi connectivity index (χ1n) is 4.01. The minimum Gasteiger partial charge on any atom is -0.370 e. The van der Waals surface area contributed by atoms with Crippen LogP contribution in [0.3, 0.4) is 0 Å². The predicted molar refractivity (Wildman–Crippen MR) is 48.7 cm³/mol. The maximum absolute atomic E-state index is 11.0. The Morgan fingerprint density at radius 2 is 1.40 bits per heavy atom. The number of primary amides is 3. The van der Waals surface area contributed by atoms with Gasteiger partial charge in [-0.1, -0.05) is 0 Å². The molecule has 0 radical (unpaired) electrons. The number of carbonyl (C=O) groups excluding carboxylic acids is 4. The van der Waals surface area contributed by atoms with Crippen LogP contribution < -0.4 is 22.5 Å². The molecule has 7 N–H and O–H groups in total. The van der Waals surface area contributed by atoms with Crippen molar-refractivity contribution in [2.75, 3.05) is 0 Å². The molecule has 0 saturated heterocycles. The fourth-order valence-electron chi connectivity index (χ4n) is 0.752. The van der Waals surface area contributed by atoms with Crippen LogP contribution in [0.2, 0.25) is 0 Å². The molecule has 0 atom stereocenters. The molecule has 8 heteroatoms. The lowest BCUT2D eigenvalue weighted by atomic mass is 10.2. The van der Waals surface area contributed by atoms with Crippen molar-refractivity contribution in [3.63, 3.8) is 0 Å². The van der Waals surface area contributed by atoms with Crippen LogP contribution in [0.15, 0.2) is 0 Å². The first kappa shape index (κ1) is 12.9. The lowest BCUT2D eigenvalue weighted by Crippen LogP contribution is -2.52. The molecule has 0 rings (SSSR count). The largest absolute Gasteiger partial charge is 0.370 e. The second-order valence-electron chi connectivity index (χ2n) is 2.77. The van der Waals surface area contributed by atoms with Gasteiger partial charge in [0.2, 0.25) is 23.6 Å². The smallest absolute Gasteiger partial charge is 0.249 e. The van der Waals surface area contributed by atoms with Crippen LogP contribution in [-0.2, 0) is 19.2 Å². The predicted octanol–water partition coefficient (Wildman–Crippen LogP) is -3.29. The van der Waals surface area contributed by atoms with E-state index in [1.807, 2.05) is 5.32 Å². The summed E-state index contributed by atoms with van der Waals surface area (Å²) >= 11 is 0. The average Bonchev–Trinajstić information content (AvgIpc) is 2.09. The maximum Gasteiger partial charge on any atom is 0.249 e. The van der Waals surface area contributed by atoms with Gasteiger partial charge < -0.3 is 22.5 Å². The van der Waals surface area contributed by atoms with E-state index in [9.17, 15) is 19.2 Å². The SMILES string of the molecule is NC(=O)CCC(=O)NC(C(N)=O)C(N)=O. The van der Waals surface area contributed by atoms with Crippen LogP contribution in [-0.4, -0.2) is 29.7 Å². The molecule has 0 aliphatic rings. The highest BCUT2D eigenvalue weighted by Crippen LogP contribution is 1.89. The molecule has 84 valence electrons. The van der Waals surface area contributed by atoms with Gasteiger partial charge in [-0.15, -0.1) is 0 Å². The highest BCUT2D eigenvalue weighted by Gasteiger charge is 2.23. The summed E-state index contributed by atoms with van der Waals surface area (Å²) in [5.41, 5.74) is 14.4. The number of nitrogens with two attached hydrogens (primary N) is 3. The summed E-state index contributed by atoms with van der Waals surface area (Å²) in [6.45, 7) is 0. The molecule has 0 aliphatic carbocycles. The van der Waals surface area contributed by atoms with Crippen LogP contribution in [0.25, 0.3) is 0 Å². The number of hydrogen-bond acceptors (Lipinski definition) is 4. The van der Waals surface area contributed by atoms with E-state index in [1.165, 1.54) is 0 Å². The topological polar surface area (TPSA) is 158 Å². The zero-order valence-corrected chi connectivity index (χ0v) is 7.86. The average molecular weight is 216 g/mol. The minimum absolute atomic E-state index is 0.184. The fourth-order valence-corrected chi connectivity index (χ4v) is 0.752. The van der Waals surface area contributed by atoms with Crippen molar-refractivity contribution in [1.29, 1.82) is 0 Å². The van der Waals surface area contributed by atoms with Gasteiger partial charge in [-0.3, -0.25) is 19.2 Å². The van der Waals surface area contributed by atoms with Gasteiger partial charge >= 0.3 is 0 Å². The van der Waals surface area contributed by atoms with Crippen LogP contribution >= 0.6 is 0 Å². The molecular weight excluding hydrogens is 204 g/mol. The Bertz CT molecular complexity index is 287. The van der Waals surface area contributed by atoms with Crippen molar-refractivity contribution in [3.05, 3.63) is 0 Å². The molecule has 0 aromatic heterocycles. The highest BCUT2D eigenvalue weighted by molar-refractivity contribution is 6.05. The van der Waals surface area contributed by atoms with Crippen molar-refractivity contribution in [2.45, 2.75) is 18.9 Å². The highest BCUT2D eigenvalue weighted by atomic mass is 16.2. The van der Waals surface area contributed by atoms with Gasteiger partial charge in [0.05, 0.1) is 0 Å². The zero-order chi connectivity index (χ0) is 12.0. The van der Waals surface area contributed by atoms with Crippen LogP contribution in [0.4, 0.5) is 0 Å². The Hall–Kier alpha value is -2.12. The molecule has 0 aromatic carbocycles. The van der Waals surface area contributed by atoms with Gasteiger partial charge in [-0.05, 0) is 0 Å². The quantitative estimate of drug-likeness (QED) is 0.343. The van der Waals surface area contributed by atoms with Crippen molar-refractivity contribution in [1.82, 2.24) is 5.32 Å². The summed E-state index contributed by atoms with van der Waals surface area (Å²) in [6.07, 6.45) is -0.414. The summed E-state index contributed by atoms with van der Waals surface area (Å²) < 4.78 is 0. The summed E-state index contributed by atoms with van der Waals surface area (Å²) in [5, 5.41) is 1.98. The van der Waals surface area contributed by atoms with Crippen molar-refractivity contribution >= 4 is 23.6 Å². The second-order valence-corrected chi connectivity index (χ2v) is 2.77. The molecule has 0 saturated carbocycles. The number of hydrogen-bond donors (Lipinski definition) is 4. The third-order valence-electron chi connectivity index (χ3n) is 1.47. The van der Waals surface area contributed by atoms with Gasteiger partial charge in [-0.25, -0.2) is 0 Å². The minimum atomic E-state index is -1.56. The molecule has 0 aromatic rings. The van der Waals surface area contributed by atoms with E-state index >= 15 is 0 Å². The van der Waals surface area contributed by atoms with E-state index in [0.717, 1.165) is 0 Å². The Labute approximate surface area is 85.1 Å². The number of carbonyl (C=O) groups is 4. The third-order valence-corrected chi connectivity index (χ3v) is 1.47. The van der Waals surface area contributed by atoms with Gasteiger partial charge in [0.15, 0.2) is 6.04 Å². The molecular formula is C7H12N4O4. The summed E-state index contributed by atoms with van der Waals surface area (Å²) in [4.78, 5) is 42.6. The van der Waals surface area contributed by atoms with E-state index in [2.05, 4.69) is 0 Å². The second kappa shape index (κ2) is 5.58. The monoisotopic (exact) mass is 216 g/mol. The summed E-state index contributed by atoms with van der Waals surface area (Å²) in [7, 11) is 0. The maximum atomic E-state index is 11.0. The van der Waals surface area contributed by atoms with Crippen molar-refractivity contribution in [2.24, 2.45) is 17.2 Å². The molecule has 0 bridgehead atoms. The molecule has 0 aliphatic heterocycles. The molecule has 0 spiro atoms. The standard InChI is InChI=1S/C7H12N4O4/c8-3(12)1-2-4(13)11-5(6(9)14)7(10)15/h5H,1-2H2,(H2,8,12)(H2,9,14)(H2,10,15)(H,11,13). The number of nitrogens with one attached hydrogen (secondary N) is 1. The molecule has 4 amide bonds. The van der Waals surface area contributed by atoms with E-state index in [-0.39, 0.29) is 12.8 Å². The lowest BCUT2D eigenvalue weighted by Gasteiger charge is -2.10. The van der Waals surface area contributed by atoms with Crippen molar-refractivity contribution < 1.29 is 19.2 Å². The molecule has 15 heavy (non-hydrogen) atoms. The lowest BCUT2D eigenvalue weighted by molar-refractivity contribution is -0.134. The Kier molecular flexibility index (Phi) is 4.79. The van der Waals surface area contributed by atoms with Crippen LogP contribution in [0, 0.1) is 0 Å². The normalized spacial score (nSPS) is 9.67. The third kappa shape index (κ3) is 5.24. The van der Waals surface area contributed by atoms with Gasteiger partial charge in [-0.2, -0.15) is 0 Å². The van der Waals surface area contributed by atoms with Crippen molar-refractivity contribution in [3.8, 4) is 0 Å². The van der Waals surface area contributed by atoms with E-state index in [0.29, 0.717) is 0 Å². The van der Waals surface area contributed by atoms with Crippen LogP contribution in [0.1, 0.15) is 12.8 Å². The first-order valence-corrected chi connectivity index (χ1v) is 4.01. The van der Waals surface area contributed by atoms with Crippen LogP contribution in [0.5, 0.6) is 0 Å². The molecule has 0 fully saturated rings. The first-order chi connectivity index (χ1) is 6.84. The Morgan fingerprint density at radius 1 is 0.933 bits per heavy atom. The molecule has 0 unspecified atom stereocenters. The summed E-state index contributed by atoms with van der Waals surface area (Å²) in [6, 6.07) is -1.56. The number of amides is 4. The fraction of sp³-hybridized carbons (Fsp3) is 0.429. The molecule has 8 nitrogen and oxygen atoms in total. The van der Waals surface area contributed by atoms with E-state index < -0.39 is 29.7 Å².